The molecule has 0 radical (unpaired) electrons. The second-order valence-electron chi connectivity index (χ2n) is 10.1. The molecule has 0 amide bonds. The van der Waals surface area contributed by atoms with Gasteiger partial charge in [0.25, 0.3) is 0 Å². The molecule has 0 saturated heterocycles. The van der Waals surface area contributed by atoms with Crippen molar-refractivity contribution in [3.05, 3.63) is 146 Å². The molecule has 0 aliphatic carbocycles. The van der Waals surface area contributed by atoms with E-state index in [0.29, 0.717) is 0 Å². The van der Waals surface area contributed by atoms with E-state index in [1.54, 1.807) is 0 Å². The zero-order chi connectivity index (χ0) is 27.2. The molecule has 0 N–H and O–H groups in total. The van der Waals surface area contributed by atoms with E-state index < -0.39 is 0 Å². The molecule has 0 spiro atoms. The number of hydrogen-bond donors (Lipinski definition) is 0. The second-order valence-corrected chi connectivity index (χ2v) is 10.1. The van der Waals surface area contributed by atoms with E-state index in [4.69, 9.17) is 4.98 Å². The van der Waals surface area contributed by atoms with Crippen molar-refractivity contribution >= 4 is 32.7 Å². The van der Waals surface area contributed by atoms with Crippen LogP contribution in [0.2, 0.25) is 0 Å². The van der Waals surface area contributed by atoms with Crippen molar-refractivity contribution in [2.24, 2.45) is 0 Å². The number of rotatable bonds is 4. The first-order valence-corrected chi connectivity index (χ1v) is 13.7. The van der Waals surface area contributed by atoms with Crippen LogP contribution in [0.1, 0.15) is 0 Å². The molecule has 4 heterocycles. The average molecular weight is 525 g/mol. The molecule has 8 rings (SSSR count). The number of nitrogens with zero attached hydrogens (tertiary/aromatic N) is 4. The van der Waals surface area contributed by atoms with Crippen LogP contribution in [0.5, 0.6) is 0 Å². The smallest absolute Gasteiger partial charge is 0.0963 e. The van der Waals surface area contributed by atoms with E-state index in [-0.39, 0.29) is 0 Å². The Morgan fingerprint density at radius 3 is 2.07 bits per heavy atom. The zero-order valence-electron chi connectivity index (χ0n) is 22.1. The maximum absolute atomic E-state index is 5.10. The van der Waals surface area contributed by atoms with E-state index in [9.17, 15) is 0 Å². The maximum atomic E-state index is 5.10. The number of pyridine rings is 3. The van der Waals surface area contributed by atoms with Crippen LogP contribution in [0.4, 0.5) is 0 Å². The third-order valence-electron chi connectivity index (χ3n) is 7.70. The lowest BCUT2D eigenvalue weighted by atomic mass is 9.97. The summed E-state index contributed by atoms with van der Waals surface area (Å²) in [6, 6.07) is 46.5. The Hall–Kier alpha value is -5.61. The molecule has 4 heteroatoms. The highest BCUT2D eigenvalue weighted by Gasteiger charge is 2.14. The number of benzene rings is 4. The molecule has 0 aliphatic rings. The standard InChI is InChI=1S/C37H24N4/c1-2-11-29-26(9-1)10-7-13-30(29)33-23-27(24-34(40-33)32-14-5-6-21-38-32)25-17-19-28(20-18-25)41-35-15-4-3-12-31(35)37-36(41)16-8-22-39-37/h1-24H. The predicted molar refractivity (Wildman–Crippen MR) is 168 cm³/mol. The Labute approximate surface area is 237 Å². The Balaban J connectivity index is 1.29. The number of fused-ring (bicyclic) bond motifs is 4. The molecular weight excluding hydrogens is 500 g/mol. The topological polar surface area (TPSA) is 43.6 Å². The summed E-state index contributed by atoms with van der Waals surface area (Å²) < 4.78 is 2.29. The number of para-hydroxylation sites is 1. The highest BCUT2D eigenvalue weighted by atomic mass is 15.0. The Morgan fingerprint density at radius 1 is 0.463 bits per heavy atom. The van der Waals surface area contributed by atoms with E-state index in [0.717, 1.165) is 61.4 Å². The van der Waals surface area contributed by atoms with Crippen LogP contribution >= 0.6 is 0 Å². The fourth-order valence-corrected chi connectivity index (χ4v) is 5.79. The fourth-order valence-electron chi connectivity index (χ4n) is 5.79. The molecule has 0 fully saturated rings. The lowest BCUT2D eigenvalue weighted by Crippen LogP contribution is -1.95. The van der Waals surface area contributed by atoms with Crippen molar-refractivity contribution in [1.29, 1.82) is 0 Å². The highest BCUT2D eigenvalue weighted by molar-refractivity contribution is 6.07. The SMILES string of the molecule is c1ccc(-c2cc(-c3ccc(-n4c5ccccc5c5ncccc54)cc3)cc(-c3cccc4ccccc34)n2)nc1. The third-order valence-corrected chi connectivity index (χ3v) is 7.70. The molecule has 192 valence electrons. The lowest BCUT2D eigenvalue weighted by Gasteiger charge is -2.13. The van der Waals surface area contributed by atoms with Gasteiger partial charge in [-0.1, -0.05) is 78.9 Å². The summed E-state index contributed by atoms with van der Waals surface area (Å²) in [7, 11) is 0. The van der Waals surface area contributed by atoms with Crippen LogP contribution in [0, 0.1) is 0 Å². The molecule has 4 aromatic carbocycles. The minimum absolute atomic E-state index is 0.851. The monoisotopic (exact) mass is 524 g/mol. The Bertz CT molecular complexity index is 2140. The van der Waals surface area contributed by atoms with Gasteiger partial charge in [0.05, 0.1) is 33.6 Å². The van der Waals surface area contributed by atoms with Crippen LogP contribution in [0.25, 0.3) is 72.2 Å². The molecule has 0 bridgehead atoms. The number of hydrogen-bond acceptors (Lipinski definition) is 3. The third kappa shape index (κ3) is 3.97. The zero-order valence-corrected chi connectivity index (χ0v) is 22.1. The summed E-state index contributed by atoms with van der Waals surface area (Å²) in [5.41, 5.74) is 10.3. The van der Waals surface area contributed by atoms with Gasteiger partial charge in [-0.05, 0) is 76.5 Å². The summed E-state index contributed by atoms with van der Waals surface area (Å²) in [4.78, 5) is 14.4. The van der Waals surface area contributed by atoms with Crippen LogP contribution in [-0.4, -0.2) is 19.5 Å². The molecule has 0 unspecified atom stereocenters. The second kappa shape index (κ2) is 9.54. The molecule has 4 nitrogen and oxygen atoms in total. The summed E-state index contributed by atoms with van der Waals surface area (Å²) in [6.45, 7) is 0. The molecular formula is C37H24N4. The maximum Gasteiger partial charge on any atom is 0.0963 e. The van der Waals surface area contributed by atoms with Crippen molar-refractivity contribution in [2.75, 3.05) is 0 Å². The molecule has 0 atom stereocenters. The van der Waals surface area contributed by atoms with Crippen molar-refractivity contribution in [3.63, 3.8) is 0 Å². The molecule has 0 saturated carbocycles. The quantitative estimate of drug-likeness (QED) is 0.231. The fraction of sp³-hybridized carbons (Fsp3) is 0. The van der Waals surface area contributed by atoms with Crippen molar-refractivity contribution in [3.8, 4) is 39.5 Å². The largest absolute Gasteiger partial charge is 0.308 e. The molecule has 0 aliphatic heterocycles. The minimum Gasteiger partial charge on any atom is -0.308 e. The first-order chi connectivity index (χ1) is 20.3. The average Bonchev–Trinajstić information content (AvgIpc) is 3.39. The van der Waals surface area contributed by atoms with Gasteiger partial charge < -0.3 is 4.57 Å². The van der Waals surface area contributed by atoms with Gasteiger partial charge >= 0.3 is 0 Å². The van der Waals surface area contributed by atoms with E-state index in [2.05, 4.69) is 124 Å². The van der Waals surface area contributed by atoms with Crippen molar-refractivity contribution < 1.29 is 0 Å². The minimum atomic E-state index is 0.851. The lowest BCUT2D eigenvalue weighted by molar-refractivity contribution is 1.17. The van der Waals surface area contributed by atoms with Gasteiger partial charge in [-0.25, -0.2) is 4.98 Å². The summed E-state index contributed by atoms with van der Waals surface area (Å²) in [5.74, 6) is 0. The van der Waals surface area contributed by atoms with Crippen molar-refractivity contribution in [1.82, 2.24) is 19.5 Å². The Kier molecular flexibility index (Phi) is 5.42. The Morgan fingerprint density at radius 2 is 1.20 bits per heavy atom. The van der Waals surface area contributed by atoms with E-state index in [1.165, 1.54) is 10.8 Å². The highest BCUT2D eigenvalue weighted by Crippen LogP contribution is 2.35. The van der Waals surface area contributed by atoms with Crippen LogP contribution in [0.15, 0.2) is 146 Å². The van der Waals surface area contributed by atoms with Crippen molar-refractivity contribution in [2.45, 2.75) is 0 Å². The van der Waals surface area contributed by atoms with Gasteiger partial charge in [-0.2, -0.15) is 0 Å². The normalized spacial score (nSPS) is 11.4. The van der Waals surface area contributed by atoms with Gasteiger partial charge in [-0.15, -0.1) is 0 Å². The molecule has 4 aromatic heterocycles. The first-order valence-electron chi connectivity index (χ1n) is 13.7. The van der Waals surface area contributed by atoms with Crippen LogP contribution < -0.4 is 0 Å². The first kappa shape index (κ1) is 23.3. The van der Waals surface area contributed by atoms with E-state index >= 15 is 0 Å². The summed E-state index contributed by atoms with van der Waals surface area (Å²) >= 11 is 0. The predicted octanol–water partition coefficient (Wildman–Crippen LogP) is 9.12. The van der Waals surface area contributed by atoms with Gasteiger partial charge in [0, 0.05) is 29.0 Å². The van der Waals surface area contributed by atoms with Crippen LogP contribution in [-0.2, 0) is 0 Å². The molecule has 8 aromatic rings. The van der Waals surface area contributed by atoms with Crippen LogP contribution in [0.3, 0.4) is 0 Å². The molecule has 41 heavy (non-hydrogen) atoms. The van der Waals surface area contributed by atoms with Gasteiger partial charge in [0.2, 0.25) is 0 Å². The summed E-state index contributed by atoms with van der Waals surface area (Å²) in [5, 5.41) is 3.53. The van der Waals surface area contributed by atoms with Gasteiger partial charge in [0.1, 0.15) is 0 Å². The van der Waals surface area contributed by atoms with E-state index in [1.807, 2.05) is 36.7 Å². The van der Waals surface area contributed by atoms with Gasteiger partial charge in [0.15, 0.2) is 0 Å². The van der Waals surface area contributed by atoms with Gasteiger partial charge in [-0.3, -0.25) is 9.97 Å². The summed E-state index contributed by atoms with van der Waals surface area (Å²) in [6.07, 6.45) is 3.68. The number of aromatic nitrogens is 4.